The summed E-state index contributed by atoms with van der Waals surface area (Å²) in [5.74, 6) is 0. The third-order valence-corrected chi connectivity index (χ3v) is 4.34. The topological polar surface area (TPSA) is 18.5 Å². The average Bonchev–Trinajstić information content (AvgIpc) is 2.63. The Hall–Kier alpha value is -1.78. The van der Waals surface area contributed by atoms with Crippen molar-refractivity contribution in [3.63, 3.8) is 0 Å². The van der Waals surface area contributed by atoms with Crippen LogP contribution in [0.4, 0.5) is 8.78 Å². The highest BCUT2D eigenvalue weighted by molar-refractivity contribution is 5.14. The molecule has 0 amide bonds. The molecule has 0 N–H and O–H groups in total. The highest BCUT2D eigenvalue weighted by atomic mass is 19.2. The summed E-state index contributed by atoms with van der Waals surface area (Å²) in [6, 6.07) is 19.4. The zero-order chi connectivity index (χ0) is 16.8. The summed E-state index contributed by atoms with van der Waals surface area (Å²) in [7, 11) is 0. The van der Waals surface area contributed by atoms with Crippen molar-refractivity contribution in [3.8, 4) is 0 Å². The third kappa shape index (κ3) is 4.62. The lowest BCUT2D eigenvalue weighted by Crippen LogP contribution is -2.44. The van der Waals surface area contributed by atoms with Gasteiger partial charge in [0.05, 0.1) is 25.4 Å². The molecule has 0 radical (unpaired) electrons. The van der Waals surface area contributed by atoms with Crippen molar-refractivity contribution in [1.82, 2.24) is 0 Å². The molecule has 4 unspecified atom stereocenters. The van der Waals surface area contributed by atoms with Crippen LogP contribution < -0.4 is 0 Å². The minimum Gasteiger partial charge on any atom is -0.371 e. The first-order valence-electron chi connectivity index (χ1n) is 8.31. The fraction of sp³-hybridized carbons (Fsp3) is 0.400. The van der Waals surface area contributed by atoms with Gasteiger partial charge in [-0.1, -0.05) is 60.7 Å². The van der Waals surface area contributed by atoms with E-state index in [1.165, 1.54) is 0 Å². The Bertz CT molecular complexity index is 550. The largest absolute Gasteiger partial charge is 0.371 e. The van der Waals surface area contributed by atoms with Crippen molar-refractivity contribution in [3.05, 3.63) is 71.8 Å². The highest BCUT2D eigenvalue weighted by Gasteiger charge is 2.39. The predicted molar refractivity (Wildman–Crippen MR) is 89.1 cm³/mol. The van der Waals surface area contributed by atoms with E-state index in [0.717, 1.165) is 11.1 Å². The number of benzene rings is 2. The summed E-state index contributed by atoms with van der Waals surface area (Å²) in [6.07, 6.45) is -3.77. The first-order chi connectivity index (χ1) is 11.7. The summed E-state index contributed by atoms with van der Waals surface area (Å²) < 4.78 is 39.3. The zero-order valence-corrected chi connectivity index (χ0v) is 13.5. The minimum absolute atomic E-state index is 0.0352. The summed E-state index contributed by atoms with van der Waals surface area (Å²) in [5.41, 5.74) is 2.02. The summed E-state index contributed by atoms with van der Waals surface area (Å²) in [5, 5.41) is 0. The van der Waals surface area contributed by atoms with Gasteiger partial charge < -0.3 is 9.47 Å². The molecule has 0 saturated heterocycles. The van der Waals surface area contributed by atoms with Crippen molar-refractivity contribution in [2.45, 2.75) is 50.6 Å². The molecular weight excluding hydrogens is 310 g/mol. The second kappa shape index (κ2) is 8.36. The van der Waals surface area contributed by atoms with E-state index < -0.39 is 24.6 Å². The van der Waals surface area contributed by atoms with Gasteiger partial charge in [0.15, 0.2) is 0 Å². The monoisotopic (exact) mass is 332 g/mol. The lowest BCUT2D eigenvalue weighted by Gasteiger charge is -2.35. The van der Waals surface area contributed by atoms with Crippen molar-refractivity contribution >= 4 is 0 Å². The van der Waals surface area contributed by atoms with Crippen LogP contribution in [-0.4, -0.2) is 24.6 Å². The summed E-state index contributed by atoms with van der Waals surface area (Å²) >= 11 is 0. The molecule has 0 spiro atoms. The van der Waals surface area contributed by atoms with Crippen molar-refractivity contribution < 1.29 is 18.3 Å². The normalized spacial score (nSPS) is 27.1. The Morgan fingerprint density at radius 3 is 1.42 bits per heavy atom. The Kier molecular flexibility index (Phi) is 5.94. The Labute approximate surface area is 141 Å². The quantitative estimate of drug-likeness (QED) is 0.768. The molecule has 2 aromatic rings. The molecule has 1 aliphatic carbocycles. The van der Waals surface area contributed by atoms with Crippen LogP contribution in [-0.2, 0) is 22.7 Å². The maximum Gasteiger partial charge on any atom is 0.134 e. The molecule has 1 fully saturated rings. The van der Waals surface area contributed by atoms with Crippen LogP contribution >= 0.6 is 0 Å². The van der Waals surface area contributed by atoms with E-state index in [-0.39, 0.29) is 12.8 Å². The molecule has 3 rings (SSSR count). The minimum atomic E-state index is -1.48. The molecule has 0 aromatic heterocycles. The fourth-order valence-corrected chi connectivity index (χ4v) is 2.95. The van der Waals surface area contributed by atoms with Gasteiger partial charge in [-0.25, -0.2) is 8.78 Å². The van der Waals surface area contributed by atoms with Gasteiger partial charge in [0.25, 0.3) is 0 Å². The van der Waals surface area contributed by atoms with E-state index in [4.69, 9.17) is 9.47 Å². The molecule has 0 aliphatic heterocycles. The summed E-state index contributed by atoms with van der Waals surface area (Å²) in [4.78, 5) is 0. The van der Waals surface area contributed by atoms with Crippen LogP contribution in [0.15, 0.2) is 60.7 Å². The SMILES string of the molecule is FC1CC(OCc2ccccc2)C(OCc2ccccc2)CC1F. The van der Waals surface area contributed by atoms with E-state index in [2.05, 4.69) is 0 Å². The molecule has 4 heteroatoms. The fourth-order valence-electron chi connectivity index (χ4n) is 2.95. The highest BCUT2D eigenvalue weighted by Crippen LogP contribution is 2.30. The van der Waals surface area contributed by atoms with Gasteiger partial charge in [0.2, 0.25) is 0 Å². The van der Waals surface area contributed by atoms with Crippen molar-refractivity contribution in [2.75, 3.05) is 0 Å². The Morgan fingerprint density at radius 1 is 0.667 bits per heavy atom. The van der Waals surface area contributed by atoms with E-state index in [1.54, 1.807) is 0 Å². The third-order valence-electron chi connectivity index (χ3n) is 4.34. The van der Waals surface area contributed by atoms with E-state index in [9.17, 15) is 8.78 Å². The van der Waals surface area contributed by atoms with Crippen LogP contribution in [0.5, 0.6) is 0 Å². The van der Waals surface area contributed by atoms with Gasteiger partial charge >= 0.3 is 0 Å². The van der Waals surface area contributed by atoms with Crippen molar-refractivity contribution in [2.24, 2.45) is 0 Å². The molecule has 4 atom stereocenters. The lowest BCUT2D eigenvalue weighted by molar-refractivity contribution is -0.132. The number of hydrogen-bond acceptors (Lipinski definition) is 2. The molecule has 0 bridgehead atoms. The lowest BCUT2D eigenvalue weighted by atomic mass is 9.91. The molecular formula is C20H22F2O2. The standard InChI is InChI=1S/C20H22F2O2/c21-17-11-19(23-13-15-7-3-1-4-8-15)20(12-18(17)22)24-14-16-9-5-2-6-10-16/h1-10,17-20H,11-14H2. The Balaban J connectivity index is 1.59. The zero-order valence-electron chi connectivity index (χ0n) is 13.5. The second-order valence-electron chi connectivity index (χ2n) is 6.17. The van der Waals surface area contributed by atoms with Crippen molar-refractivity contribution in [1.29, 1.82) is 0 Å². The summed E-state index contributed by atoms with van der Waals surface area (Å²) in [6.45, 7) is 0.751. The molecule has 128 valence electrons. The number of hydrogen-bond donors (Lipinski definition) is 0. The average molecular weight is 332 g/mol. The molecule has 24 heavy (non-hydrogen) atoms. The van der Waals surface area contributed by atoms with E-state index in [0.29, 0.717) is 13.2 Å². The van der Waals surface area contributed by atoms with Gasteiger partial charge in [-0.2, -0.15) is 0 Å². The first kappa shape index (κ1) is 17.1. The number of halogens is 2. The van der Waals surface area contributed by atoms with Gasteiger partial charge in [-0.15, -0.1) is 0 Å². The number of rotatable bonds is 6. The van der Waals surface area contributed by atoms with Crippen LogP contribution in [0.3, 0.4) is 0 Å². The van der Waals surface area contributed by atoms with Crippen LogP contribution in [0.2, 0.25) is 0 Å². The molecule has 0 heterocycles. The van der Waals surface area contributed by atoms with Crippen LogP contribution in [0.1, 0.15) is 24.0 Å². The number of alkyl halides is 2. The predicted octanol–water partition coefficient (Wildman–Crippen LogP) is 4.63. The van der Waals surface area contributed by atoms with Crippen LogP contribution in [0.25, 0.3) is 0 Å². The van der Waals surface area contributed by atoms with Gasteiger partial charge in [0, 0.05) is 12.8 Å². The second-order valence-corrected chi connectivity index (χ2v) is 6.17. The maximum atomic E-state index is 13.8. The smallest absolute Gasteiger partial charge is 0.134 e. The van der Waals surface area contributed by atoms with Gasteiger partial charge in [-0.3, -0.25) is 0 Å². The van der Waals surface area contributed by atoms with Gasteiger partial charge in [-0.05, 0) is 11.1 Å². The number of ether oxygens (including phenoxy) is 2. The first-order valence-corrected chi connectivity index (χ1v) is 8.31. The molecule has 2 aromatic carbocycles. The van der Waals surface area contributed by atoms with Crippen LogP contribution in [0, 0.1) is 0 Å². The van der Waals surface area contributed by atoms with Gasteiger partial charge in [0.1, 0.15) is 12.3 Å². The van der Waals surface area contributed by atoms with E-state index >= 15 is 0 Å². The molecule has 1 saturated carbocycles. The maximum absolute atomic E-state index is 13.8. The van der Waals surface area contributed by atoms with E-state index in [1.807, 2.05) is 60.7 Å². The molecule has 2 nitrogen and oxygen atoms in total. The Morgan fingerprint density at radius 2 is 1.04 bits per heavy atom. The molecule has 1 aliphatic rings.